The number of anilines is 1. The largest absolute Gasteiger partial charge is 0.478 e. The maximum atomic E-state index is 13.0. The van der Waals surface area contributed by atoms with Crippen molar-refractivity contribution in [1.29, 1.82) is 5.26 Å². The highest BCUT2D eigenvalue weighted by Gasteiger charge is 2.54. The number of nitrogen functional groups attached to an aromatic ring is 1. The normalized spacial score (nSPS) is 18.3. The van der Waals surface area contributed by atoms with Gasteiger partial charge in [-0.3, -0.25) is 14.1 Å². The fourth-order valence-corrected chi connectivity index (χ4v) is 4.32. The number of nitrogens with one attached hydrogen (secondary N) is 1. The molecule has 36 heavy (non-hydrogen) atoms. The highest BCUT2D eigenvalue weighted by Crippen LogP contribution is 2.25. The molecule has 5 N–H and O–H groups in total. The van der Waals surface area contributed by atoms with Crippen LogP contribution in [0, 0.1) is 11.3 Å². The predicted molar refractivity (Wildman–Crippen MR) is 119 cm³/mol. The van der Waals surface area contributed by atoms with Crippen molar-refractivity contribution in [2.45, 2.75) is 44.5 Å². The number of nitriles is 1. The number of carboxylic acid groups (broad SMARTS) is 1. The minimum absolute atomic E-state index is 0.0519. The molecule has 0 aromatic carbocycles. The fraction of sp³-hybridized carbons (Fsp3) is 0.412. The van der Waals surface area contributed by atoms with Crippen LogP contribution in [0.1, 0.15) is 25.2 Å². The van der Waals surface area contributed by atoms with E-state index in [1.807, 2.05) is 6.07 Å². The average Bonchev–Trinajstić information content (AvgIpc) is 3.39. The summed E-state index contributed by atoms with van der Waals surface area (Å²) in [5.41, 5.74) is 3.40. The van der Waals surface area contributed by atoms with Crippen molar-refractivity contribution in [2.75, 3.05) is 5.73 Å². The van der Waals surface area contributed by atoms with Crippen LogP contribution in [0.25, 0.3) is 0 Å². The van der Waals surface area contributed by atoms with Crippen LogP contribution in [0.15, 0.2) is 16.7 Å². The molecule has 1 saturated heterocycles. The van der Waals surface area contributed by atoms with Gasteiger partial charge in [0, 0.05) is 5.38 Å². The lowest BCUT2D eigenvalue weighted by molar-refractivity contribution is -0.161. The number of carboxylic acids is 1. The first kappa shape index (κ1) is 26.5. The van der Waals surface area contributed by atoms with E-state index in [4.69, 9.17) is 15.8 Å². The standard InChI is InChI=1S/C17H19N9O8S2/c1-17(2,15(29)30)34-24-11(9-7-35-16(19)21-9)13(27)22-12-10(26(14(12)28)36(31,32)33)6-25-20-5-8(23-25)3-4-18/h5,7,10,12H,3,6H2,1-2H3,(H2,19,21)(H,22,27)(H,29,30)(H,31,32,33)/b24-11-/t10-,12?/m0/s1. The Hall–Kier alpha value is -4.15. The van der Waals surface area contributed by atoms with Crippen molar-refractivity contribution in [3.63, 3.8) is 0 Å². The van der Waals surface area contributed by atoms with Crippen LogP contribution in [0.2, 0.25) is 0 Å². The van der Waals surface area contributed by atoms with Crippen molar-refractivity contribution in [2.24, 2.45) is 5.16 Å². The number of carbonyl (C=O) groups excluding carboxylic acids is 2. The molecule has 17 nitrogen and oxygen atoms in total. The van der Waals surface area contributed by atoms with Gasteiger partial charge in [-0.05, 0) is 13.8 Å². The topological polar surface area (TPSA) is 256 Å². The molecule has 1 fully saturated rings. The summed E-state index contributed by atoms with van der Waals surface area (Å²) < 4.78 is 33.1. The zero-order valence-electron chi connectivity index (χ0n) is 18.6. The molecule has 2 aromatic heterocycles. The van der Waals surface area contributed by atoms with Gasteiger partial charge < -0.3 is 21.0 Å². The van der Waals surface area contributed by atoms with Gasteiger partial charge in [0.15, 0.2) is 10.8 Å². The van der Waals surface area contributed by atoms with Gasteiger partial charge in [-0.25, -0.2) is 14.1 Å². The number of hydrogen-bond donors (Lipinski definition) is 4. The number of hydrogen-bond acceptors (Lipinski definition) is 13. The van der Waals surface area contributed by atoms with Crippen molar-refractivity contribution < 1.29 is 37.3 Å². The molecule has 0 saturated carbocycles. The number of aliphatic carboxylic acids is 1. The first-order chi connectivity index (χ1) is 16.7. The first-order valence-electron chi connectivity index (χ1n) is 9.83. The molecule has 19 heteroatoms. The number of nitrogens with zero attached hydrogens (tertiary/aromatic N) is 7. The molecule has 1 aliphatic rings. The Morgan fingerprint density at radius 2 is 2.14 bits per heavy atom. The van der Waals surface area contributed by atoms with Gasteiger partial charge in [-0.2, -0.15) is 28.7 Å². The van der Waals surface area contributed by atoms with Gasteiger partial charge in [0.1, 0.15) is 17.8 Å². The molecule has 3 rings (SSSR count). The van der Waals surface area contributed by atoms with Crippen LogP contribution in [-0.4, -0.2) is 83.5 Å². The van der Waals surface area contributed by atoms with Crippen LogP contribution in [-0.2, 0) is 42.5 Å². The van der Waals surface area contributed by atoms with Crippen molar-refractivity contribution in [3.8, 4) is 6.07 Å². The number of thiazole rings is 1. The van der Waals surface area contributed by atoms with Crippen LogP contribution in [0.5, 0.6) is 0 Å². The SMILES string of the molecule is CC(C)(O/N=C(\C(=O)NC1C(=O)N(S(=O)(=O)O)[C@H]1Cn1ncc(CC#N)n1)c1csc(N)n1)C(=O)O. The fourth-order valence-electron chi connectivity index (χ4n) is 2.90. The van der Waals surface area contributed by atoms with E-state index in [1.165, 1.54) is 25.4 Å². The molecule has 2 atom stereocenters. The van der Waals surface area contributed by atoms with Crippen molar-refractivity contribution >= 4 is 50.3 Å². The van der Waals surface area contributed by atoms with Gasteiger partial charge in [0.05, 0.1) is 30.9 Å². The van der Waals surface area contributed by atoms with Gasteiger partial charge in [-0.1, -0.05) is 5.16 Å². The van der Waals surface area contributed by atoms with Crippen LogP contribution >= 0.6 is 11.3 Å². The van der Waals surface area contributed by atoms with Crippen molar-refractivity contribution in [3.05, 3.63) is 23.0 Å². The molecule has 0 aliphatic carbocycles. The Morgan fingerprint density at radius 3 is 2.69 bits per heavy atom. The van der Waals surface area contributed by atoms with Crippen LogP contribution in [0.3, 0.4) is 0 Å². The van der Waals surface area contributed by atoms with Gasteiger partial charge in [0.2, 0.25) is 5.60 Å². The summed E-state index contributed by atoms with van der Waals surface area (Å²) in [6.45, 7) is 1.98. The van der Waals surface area contributed by atoms with E-state index in [-0.39, 0.29) is 33.8 Å². The number of oxime groups is 1. The minimum Gasteiger partial charge on any atom is -0.478 e. The Labute approximate surface area is 207 Å². The Morgan fingerprint density at radius 1 is 1.44 bits per heavy atom. The highest BCUT2D eigenvalue weighted by molar-refractivity contribution is 7.84. The second kappa shape index (κ2) is 9.84. The molecule has 2 amide bonds. The van der Waals surface area contributed by atoms with E-state index in [1.54, 1.807) is 0 Å². The molecule has 0 bridgehead atoms. The van der Waals surface area contributed by atoms with Crippen molar-refractivity contribution in [1.82, 2.24) is 29.6 Å². The average molecular weight is 542 g/mol. The number of aromatic nitrogens is 4. The number of rotatable bonds is 10. The lowest BCUT2D eigenvalue weighted by atomic mass is 9.98. The van der Waals surface area contributed by atoms with Crippen LogP contribution < -0.4 is 11.1 Å². The lowest BCUT2D eigenvalue weighted by Gasteiger charge is -2.43. The smallest absolute Gasteiger partial charge is 0.362 e. The third-order valence-electron chi connectivity index (χ3n) is 4.76. The third-order valence-corrected chi connectivity index (χ3v) is 6.38. The summed E-state index contributed by atoms with van der Waals surface area (Å²) in [6.07, 6.45) is 1.18. The molecule has 3 heterocycles. The molecule has 1 aliphatic heterocycles. The summed E-state index contributed by atoms with van der Waals surface area (Å²) in [6, 6.07) is -0.974. The summed E-state index contributed by atoms with van der Waals surface area (Å²) in [5.74, 6) is -3.62. The Kier molecular flexibility index (Phi) is 7.23. The second-order valence-corrected chi connectivity index (χ2v) is 9.95. The summed E-state index contributed by atoms with van der Waals surface area (Å²) in [5, 5.41) is 33.1. The number of β-lactam (4-membered cyclic amide) rings is 1. The zero-order chi connectivity index (χ0) is 26.8. The number of amides is 2. The van der Waals surface area contributed by atoms with E-state index >= 15 is 0 Å². The number of nitrogens with two attached hydrogens (primary N) is 1. The maximum absolute atomic E-state index is 13.0. The third kappa shape index (κ3) is 5.56. The Bertz CT molecular complexity index is 1370. The molecule has 2 aromatic rings. The summed E-state index contributed by atoms with van der Waals surface area (Å²) >= 11 is 0.945. The number of carbonyl (C=O) groups is 3. The molecule has 0 radical (unpaired) electrons. The molecule has 1 unspecified atom stereocenters. The summed E-state index contributed by atoms with van der Waals surface area (Å²) in [4.78, 5) is 46.8. The second-order valence-electron chi connectivity index (χ2n) is 7.77. The first-order valence-corrected chi connectivity index (χ1v) is 12.1. The Balaban J connectivity index is 1.88. The minimum atomic E-state index is -5.00. The van der Waals surface area contributed by atoms with E-state index in [0.29, 0.717) is 0 Å². The van der Waals surface area contributed by atoms with Gasteiger partial charge in [0.25, 0.3) is 11.8 Å². The quantitative estimate of drug-likeness (QED) is 0.112. The molecular weight excluding hydrogens is 522 g/mol. The van der Waals surface area contributed by atoms with E-state index in [9.17, 15) is 32.5 Å². The highest BCUT2D eigenvalue weighted by atomic mass is 32.2. The molecule has 192 valence electrons. The summed E-state index contributed by atoms with van der Waals surface area (Å²) in [7, 11) is -5.00. The van der Waals surface area contributed by atoms with Gasteiger partial charge in [-0.15, -0.1) is 11.3 Å². The molecule has 0 spiro atoms. The lowest BCUT2D eigenvalue weighted by Crippen LogP contribution is -2.73. The van der Waals surface area contributed by atoms with Crippen LogP contribution in [0.4, 0.5) is 5.13 Å². The maximum Gasteiger partial charge on any atom is 0.362 e. The van der Waals surface area contributed by atoms with E-state index < -0.39 is 51.5 Å². The monoisotopic (exact) mass is 541 g/mol. The predicted octanol–water partition coefficient (Wildman–Crippen LogP) is -1.83. The van der Waals surface area contributed by atoms with Gasteiger partial charge >= 0.3 is 16.3 Å². The molecular formula is C17H19N9O8S2. The van der Waals surface area contributed by atoms with E-state index in [2.05, 4.69) is 25.7 Å². The van der Waals surface area contributed by atoms with E-state index in [0.717, 1.165) is 16.1 Å². The zero-order valence-corrected chi connectivity index (χ0v) is 20.2.